The summed E-state index contributed by atoms with van der Waals surface area (Å²) >= 11 is 0. The molecule has 0 aliphatic heterocycles. The van der Waals surface area contributed by atoms with Crippen molar-refractivity contribution in [3.63, 3.8) is 0 Å². The van der Waals surface area contributed by atoms with Crippen LogP contribution in [0.25, 0.3) is 72.5 Å². The Kier molecular flexibility index (Phi) is 11.0. The smallest absolute Gasteiger partial charge is 0.237 e. The fourth-order valence-electron chi connectivity index (χ4n) is 8.97. The van der Waals surface area contributed by atoms with E-state index in [1.165, 1.54) is 23.8 Å². The van der Waals surface area contributed by atoms with Gasteiger partial charge in [0.1, 0.15) is 35.7 Å². The third kappa shape index (κ3) is 8.54. The first-order valence-electron chi connectivity index (χ1n) is 22.7. The Labute approximate surface area is 392 Å². The highest BCUT2D eigenvalue weighted by Crippen LogP contribution is 2.44. The van der Waals surface area contributed by atoms with Gasteiger partial charge in [0.05, 0.1) is 22.4 Å². The molecule has 0 atom stereocenters. The van der Waals surface area contributed by atoms with Gasteiger partial charge in [-0.1, -0.05) is 102 Å². The first-order chi connectivity index (χ1) is 32.3. The summed E-state index contributed by atoms with van der Waals surface area (Å²) in [5.41, 5.74) is 14.4. The summed E-state index contributed by atoms with van der Waals surface area (Å²) in [5, 5.41) is 2.02. The molecule has 330 valence electrons. The van der Waals surface area contributed by atoms with Crippen molar-refractivity contribution in [2.24, 2.45) is 0 Å². The lowest BCUT2D eigenvalue weighted by Gasteiger charge is -2.20. The highest BCUT2D eigenvalue weighted by Gasteiger charge is 2.22. The molecule has 0 saturated carbocycles. The van der Waals surface area contributed by atoms with Crippen LogP contribution in [0.15, 0.2) is 171 Å². The van der Waals surface area contributed by atoms with Gasteiger partial charge in [-0.15, -0.1) is 0 Å². The highest BCUT2D eigenvalue weighted by molar-refractivity contribution is 6.09. The molecule has 0 saturated heterocycles. The van der Waals surface area contributed by atoms with Crippen LogP contribution < -0.4 is 9.47 Å². The van der Waals surface area contributed by atoms with Crippen molar-refractivity contribution in [1.29, 1.82) is 0 Å². The van der Waals surface area contributed by atoms with Crippen molar-refractivity contribution >= 4 is 21.8 Å². The molecule has 0 bridgehead atoms. The summed E-state index contributed by atoms with van der Waals surface area (Å²) in [6.07, 6.45) is 6.68. The predicted molar refractivity (Wildman–Crippen MR) is 271 cm³/mol. The largest absolute Gasteiger partial charge is 0.457 e. The van der Waals surface area contributed by atoms with Gasteiger partial charge in [0.25, 0.3) is 0 Å². The summed E-state index contributed by atoms with van der Waals surface area (Å²) in [7, 11) is 0. The number of ether oxygens (including phenoxy) is 2. The fraction of sp³-hybridized carbons (Fsp3) is 0.169. The molecule has 10 rings (SSSR count). The molecular formula is C59H52N6O2. The maximum Gasteiger partial charge on any atom is 0.237 e. The average molecular weight is 877 g/mol. The van der Waals surface area contributed by atoms with Gasteiger partial charge < -0.3 is 9.47 Å². The second-order valence-corrected chi connectivity index (χ2v) is 19.3. The lowest BCUT2D eigenvalue weighted by atomic mass is 9.85. The number of fused-ring (bicyclic) bond motifs is 3. The first kappa shape index (κ1) is 43.0. The van der Waals surface area contributed by atoms with E-state index in [2.05, 4.69) is 182 Å². The van der Waals surface area contributed by atoms with E-state index in [1.807, 2.05) is 60.9 Å². The molecule has 0 aliphatic carbocycles. The van der Waals surface area contributed by atoms with Gasteiger partial charge in [-0.05, 0) is 131 Å². The molecule has 0 N–H and O–H groups in total. The van der Waals surface area contributed by atoms with E-state index >= 15 is 0 Å². The first-order valence-corrected chi connectivity index (χ1v) is 22.7. The van der Waals surface area contributed by atoms with E-state index in [4.69, 9.17) is 9.47 Å². The number of rotatable bonds is 9. The molecule has 0 unspecified atom stereocenters. The molecule has 0 fully saturated rings. The standard InChI is InChI=1S/C59H52N6O2/c1-37-29-41(49-13-9-11-27-61-49)31-53(55(37)39-15-19-43(20-16-39)58(3,4)5)66-45-23-25-47-48-26-24-46(34-52(48)65(51(47)33-45)57-63-35-60-36-64-57)67-54-32-42(50-14-10-12-28-62-50)30-38(2)56(54)40-17-21-44(22-18-40)59(6,7)8/h9-36H,1-8H3. The molecular weight excluding hydrogens is 825 g/mol. The minimum Gasteiger partial charge on any atom is -0.457 e. The van der Waals surface area contributed by atoms with Crippen LogP contribution in [0.3, 0.4) is 0 Å². The summed E-state index contributed by atoms with van der Waals surface area (Å²) in [6, 6.07) is 50.5. The molecule has 0 amide bonds. The highest BCUT2D eigenvalue weighted by atomic mass is 16.5. The average Bonchev–Trinajstić information content (AvgIpc) is 3.64. The van der Waals surface area contributed by atoms with Crippen molar-refractivity contribution in [3.8, 4) is 73.7 Å². The molecule has 67 heavy (non-hydrogen) atoms. The molecule has 6 aromatic carbocycles. The van der Waals surface area contributed by atoms with Gasteiger partial charge in [0.15, 0.2) is 0 Å². The Morgan fingerprint density at radius 1 is 0.433 bits per heavy atom. The number of aromatic nitrogens is 6. The molecule has 0 radical (unpaired) electrons. The second kappa shape index (κ2) is 17.1. The van der Waals surface area contributed by atoms with E-state index in [-0.39, 0.29) is 10.8 Å². The SMILES string of the molecule is Cc1cc(-c2ccccn2)cc(Oc2ccc3c4ccc(Oc5cc(-c6ccccn6)cc(C)c5-c5ccc(C(C)(C)C)cc5)cc4n(-c4ncncn4)c3c2)c1-c1ccc(C(C)(C)C)cc1. The molecule has 8 nitrogen and oxygen atoms in total. The summed E-state index contributed by atoms with van der Waals surface area (Å²) in [4.78, 5) is 22.9. The number of nitrogens with zero attached hydrogens (tertiary/aromatic N) is 6. The predicted octanol–water partition coefficient (Wildman–Crippen LogP) is 15.2. The van der Waals surface area contributed by atoms with Crippen LogP contribution in [0.2, 0.25) is 0 Å². The molecule has 0 aliphatic rings. The molecule has 8 heteroatoms. The second-order valence-electron chi connectivity index (χ2n) is 19.3. The van der Waals surface area contributed by atoms with Crippen molar-refractivity contribution in [2.75, 3.05) is 0 Å². The van der Waals surface area contributed by atoms with Gasteiger partial charge in [-0.25, -0.2) is 15.0 Å². The number of hydrogen-bond donors (Lipinski definition) is 0. The quantitative estimate of drug-likeness (QED) is 0.143. The van der Waals surface area contributed by atoms with E-state index in [0.717, 1.165) is 89.2 Å². The van der Waals surface area contributed by atoms with Gasteiger partial charge in [-0.3, -0.25) is 14.5 Å². The number of pyridine rings is 2. The third-order valence-corrected chi connectivity index (χ3v) is 12.4. The van der Waals surface area contributed by atoms with Crippen molar-refractivity contribution < 1.29 is 9.47 Å². The van der Waals surface area contributed by atoms with Crippen LogP contribution in [0, 0.1) is 13.8 Å². The normalized spacial score (nSPS) is 11.9. The Morgan fingerprint density at radius 3 is 1.25 bits per heavy atom. The minimum absolute atomic E-state index is 0.0289. The lowest BCUT2D eigenvalue weighted by Crippen LogP contribution is -2.10. The van der Waals surface area contributed by atoms with E-state index in [1.54, 1.807) is 0 Å². The molecule has 10 aromatic rings. The zero-order valence-corrected chi connectivity index (χ0v) is 39.2. The summed E-state index contributed by atoms with van der Waals surface area (Å²) in [5.74, 6) is 3.26. The monoisotopic (exact) mass is 876 g/mol. The van der Waals surface area contributed by atoms with Gasteiger partial charge >= 0.3 is 0 Å². The van der Waals surface area contributed by atoms with E-state index < -0.39 is 0 Å². The summed E-state index contributed by atoms with van der Waals surface area (Å²) in [6.45, 7) is 17.7. The Bertz CT molecular complexity index is 3200. The van der Waals surface area contributed by atoms with Crippen molar-refractivity contribution in [2.45, 2.75) is 66.2 Å². The molecule has 0 spiro atoms. The van der Waals surface area contributed by atoms with E-state index in [0.29, 0.717) is 17.4 Å². The third-order valence-electron chi connectivity index (χ3n) is 12.4. The maximum absolute atomic E-state index is 7.02. The lowest BCUT2D eigenvalue weighted by molar-refractivity contribution is 0.485. The van der Waals surface area contributed by atoms with E-state index in [9.17, 15) is 0 Å². The Balaban J connectivity index is 1.10. The van der Waals surface area contributed by atoms with Gasteiger partial charge in [-0.2, -0.15) is 0 Å². The fourth-order valence-corrected chi connectivity index (χ4v) is 8.97. The number of hydrogen-bond acceptors (Lipinski definition) is 7. The zero-order chi connectivity index (χ0) is 46.5. The van der Waals surface area contributed by atoms with Crippen LogP contribution in [0.4, 0.5) is 0 Å². The number of aryl methyl sites for hydroxylation is 2. The minimum atomic E-state index is 0.0289. The van der Waals surface area contributed by atoms with Crippen LogP contribution in [0.1, 0.15) is 63.8 Å². The number of benzene rings is 6. The van der Waals surface area contributed by atoms with Crippen LogP contribution in [-0.2, 0) is 10.8 Å². The summed E-state index contributed by atoms with van der Waals surface area (Å²) < 4.78 is 16.1. The van der Waals surface area contributed by atoms with Crippen LogP contribution >= 0.6 is 0 Å². The van der Waals surface area contributed by atoms with Crippen LogP contribution in [-0.4, -0.2) is 29.5 Å². The van der Waals surface area contributed by atoms with Crippen molar-refractivity contribution in [3.05, 3.63) is 193 Å². The van der Waals surface area contributed by atoms with Crippen LogP contribution in [0.5, 0.6) is 23.0 Å². The molecule has 4 heterocycles. The Hall–Kier alpha value is -7.97. The maximum atomic E-state index is 7.02. The van der Waals surface area contributed by atoms with Gasteiger partial charge in [0.2, 0.25) is 5.95 Å². The topological polar surface area (TPSA) is 87.8 Å². The molecule has 4 aromatic heterocycles. The van der Waals surface area contributed by atoms with Gasteiger partial charge in [0, 0.05) is 57.6 Å². The van der Waals surface area contributed by atoms with Crippen molar-refractivity contribution in [1.82, 2.24) is 29.5 Å². The Morgan fingerprint density at radius 2 is 0.866 bits per heavy atom. The zero-order valence-electron chi connectivity index (χ0n) is 39.2.